The van der Waals surface area contributed by atoms with Crippen molar-refractivity contribution in [1.82, 2.24) is 19.4 Å². The zero-order valence-corrected chi connectivity index (χ0v) is 29.5. The molecule has 0 saturated carbocycles. The van der Waals surface area contributed by atoms with E-state index in [1.165, 1.54) is 21.1 Å². The number of aromatic nitrogens is 2. The van der Waals surface area contributed by atoms with Gasteiger partial charge in [-0.05, 0) is 73.6 Å². The molecule has 12 heteroatoms. The summed E-state index contributed by atoms with van der Waals surface area (Å²) in [5.41, 5.74) is 3.98. The molecule has 0 spiro atoms. The summed E-state index contributed by atoms with van der Waals surface area (Å²) >= 11 is 0. The summed E-state index contributed by atoms with van der Waals surface area (Å²) in [5, 5.41) is 18.7. The first-order chi connectivity index (χ1) is 23.4. The number of esters is 1. The molecule has 0 radical (unpaired) electrons. The van der Waals surface area contributed by atoms with Crippen molar-refractivity contribution in [2.45, 2.75) is 64.6 Å². The van der Waals surface area contributed by atoms with Crippen LogP contribution >= 0.6 is 0 Å². The normalized spacial score (nSPS) is 12.9. The van der Waals surface area contributed by atoms with Gasteiger partial charge in [-0.2, -0.15) is 9.40 Å². The molecule has 0 saturated heterocycles. The summed E-state index contributed by atoms with van der Waals surface area (Å²) in [6.07, 6.45) is 0.598. The fourth-order valence-corrected chi connectivity index (χ4v) is 7.18. The van der Waals surface area contributed by atoms with Crippen LogP contribution in [0.4, 0.5) is 0 Å². The molecule has 49 heavy (non-hydrogen) atoms. The van der Waals surface area contributed by atoms with Gasteiger partial charge in [0, 0.05) is 19.3 Å². The first-order valence-corrected chi connectivity index (χ1v) is 17.8. The molecule has 11 nitrogen and oxygen atoms in total. The fraction of sp³-hybridized carbons (Fsp3) is 0.378. The van der Waals surface area contributed by atoms with Crippen LogP contribution in [0.15, 0.2) is 90.0 Å². The summed E-state index contributed by atoms with van der Waals surface area (Å²) in [5.74, 6) is -0.281. The number of aryl methyl sites for hydroxylation is 2. The Morgan fingerprint density at radius 3 is 2.24 bits per heavy atom. The van der Waals surface area contributed by atoms with Gasteiger partial charge in [-0.15, -0.1) is 0 Å². The lowest BCUT2D eigenvalue weighted by Gasteiger charge is -2.31. The number of aliphatic hydroxyl groups excluding tert-OH is 1. The Morgan fingerprint density at radius 2 is 1.61 bits per heavy atom. The van der Waals surface area contributed by atoms with E-state index in [1.807, 2.05) is 76.2 Å². The smallest absolute Gasteiger partial charge is 0.327 e. The second-order valence-corrected chi connectivity index (χ2v) is 14.3. The Morgan fingerprint density at radius 1 is 0.939 bits per heavy atom. The standard InChI is InChI=1S/C37H46N4O7S/c1-6-47-36(44)24-41-33(19-20-38-41)30-15-17-31(18-16-30)49(45,46)40(22-26(2)3)23-34(42)32(21-29-13-8-7-9-14-29)39-35(43)25-48-37-27(4)11-10-12-28(37)5/h7-20,26,32,34,42H,6,21-25H2,1-5H3,(H,39,43)/t32-,34-/m0/s1. The SMILES string of the molecule is CCOC(=O)Cn1nccc1-c1ccc(S(=O)(=O)N(CC(C)C)C[C@H](O)[C@H](Cc2ccccc2)NC(=O)COc2c(C)cccc2C)cc1. The second kappa shape index (κ2) is 17.2. The van der Waals surface area contributed by atoms with Crippen molar-refractivity contribution in [3.05, 3.63) is 102 Å². The molecule has 0 aliphatic heterocycles. The summed E-state index contributed by atoms with van der Waals surface area (Å²) < 4.78 is 41.7. The quantitative estimate of drug-likeness (QED) is 0.154. The van der Waals surface area contributed by atoms with Crippen molar-refractivity contribution >= 4 is 21.9 Å². The maximum Gasteiger partial charge on any atom is 0.327 e. The number of ether oxygens (including phenoxy) is 2. The van der Waals surface area contributed by atoms with Gasteiger partial charge in [0.2, 0.25) is 10.0 Å². The third-order valence-electron chi connectivity index (χ3n) is 7.91. The molecule has 0 aliphatic carbocycles. The Bertz CT molecular complexity index is 1770. The summed E-state index contributed by atoms with van der Waals surface area (Å²) in [6.45, 7) is 9.16. The molecule has 1 aromatic heterocycles. The maximum absolute atomic E-state index is 14.0. The van der Waals surface area contributed by atoms with Crippen molar-refractivity contribution in [3.63, 3.8) is 0 Å². The largest absolute Gasteiger partial charge is 0.483 e. The number of rotatable bonds is 17. The molecular formula is C37H46N4O7S. The molecule has 3 aromatic carbocycles. The number of carbonyl (C=O) groups is 2. The van der Waals surface area contributed by atoms with Gasteiger partial charge in [0.15, 0.2) is 6.61 Å². The number of para-hydroxylation sites is 1. The van der Waals surface area contributed by atoms with E-state index in [0.717, 1.165) is 16.7 Å². The van der Waals surface area contributed by atoms with Gasteiger partial charge in [-0.1, -0.05) is 74.5 Å². The molecular weight excluding hydrogens is 644 g/mol. The average Bonchev–Trinajstić information content (AvgIpc) is 3.52. The number of benzene rings is 3. The van der Waals surface area contributed by atoms with E-state index < -0.39 is 34.0 Å². The Balaban J connectivity index is 1.53. The first kappa shape index (κ1) is 37.3. The van der Waals surface area contributed by atoms with E-state index in [-0.39, 0.29) is 50.1 Å². The van der Waals surface area contributed by atoms with Crippen molar-refractivity contribution < 1.29 is 32.6 Å². The highest BCUT2D eigenvalue weighted by atomic mass is 32.2. The predicted molar refractivity (Wildman–Crippen MR) is 187 cm³/mol. The van der Waals surface area contributed by atoms with Crippen molar-refractivity contribution in [3.8, 4) is 17.0 Å². The topological polar surface area (TPSA) is 140 Å². The number of hydrogen-bond acceptors (Lipinski definition) is 8. The molecule has 2 atom stereocenters. The Kier molecular flexibility index (Phi) is 13.1. The van der Waals surface area contributed by atoms with Crippen LogP contribution in [0.2, 0.25) is 0 Å². The summed E-state index contributed by atoms with van der Waals surface area (Å²) in [7, 11) is -4.06. The lowest BCUT2D eigenvalue weighted by atomic mass is 10.0. The summed E-state index contributed by atoms with van der Waals surface area (Å²) in [4.78, 5) is 25.2. The fourth-order valence-electron chi connectivity index (χ4n) is 5.56. The van der Waals surface area contributed by atoms with E-state index in [1.54, 1.807) is 31.3 Å². The third-order valence-corrected chi connectivity index (χ3v) is 9.76. The monoisotopic (exact) mass is 690 g/mol. The second-order valence-electron chi connectivity index (χ2n) is 12.4. The van der Waals surface area contributed by atoms with Crippen LogP contribution in [0.1, 0.15) is 37.5 Å². The molecule has 1 heterocycles. The highest BCUT2D eigenvalue weighted by molar-refractivity contribution is 7.89. The highest BCUT2D eigenvalue weighted by Gasteiger charge is 2.31. The van der Waals surface area contributed by atoms with Gasteiger partial charge >= 0.3 is 5.97 Å². The molecule has 1 amide bonds. The molecule has 0 fully saturated rings. The van der Waals surface area contributed by atoms with Crippen molar-refractivity contribution in [2.75, 3.05) is 26.3 Å². The minimum Gasteiger partial charge on any atom is -0.483 e. The van der Waals surface area contributed by atoms with E-state index in [0.29, 0.717) is 17.0 Å². The van der Waals surface area contributed by atoms with E-state index in [4.69, 9.17) is 9.47 Å². The van der Waals surface area contributed by atoms with Crippen LogP contribution in [0.25, 0.3) is 11.3 Å². The Hall–Kier alpha value is -4.52. The van der Waals surface area contributed by atoms with Gasteiger partial charge in [0.05, 0.1) is 29.3 Å². The summed E-state index contributed by atoms with van der Waals surface area (Å²) in [6, 6.07) is 22.4. The van der Waals surface area contributed by atoms with Crippen LogP contribution in [-0.4, -0.2) is 77.9 Å². The van der Waals surface area contributed by atoms with Crippen LogP contribution in [0.3, 0.4) is 0 Å². The average molecular weight is 691 g/mol. The van der Waals surface area contributed by atoms with Gasteiger partial charge in [0.1, 0.15) is 12.3 Å². The first-order valence-electron chi connectivity index (χ1n) is 16.4. The van der Waals surface area contributed by atoms with Gasteiger partial charge < -0.3 is 19.9 Å². The van der Waals surface area contributed by atoms with Crippen LogP contribution in [0.5, 0.6) is 5.75 Å². The molecule has 2 N–H and O–H groups in total. The molecule has 0 bridgehead atoms. The molecule has 4 aromatic rings. The molecule has 4 rings (SSSR count). The number of hydrogen-bond donors (Lipinski definition) is 2. The zero-order valence-electron chi connectivity index (χ0n) is 28.7. The number of nitrogens with one attached hydrogen (secondary N) is 1. The molecule has 0 unspecified atom stereocenters. The number of sulfonamides is 1. The van der Waals surface area contributed by atoms with Gasteiger partial charge in [-0.3, -0.25) is 14.3 Å². The van der Waals surface area contributed by atoms with Crippen molar-refractivity contribution in [2.24, 2.45) is 5.92 Å². The number of amides is 1. The number of nitrogens with zero attached hydrogens (tertiary/aromatic N) is 3. The third kappa shape index (κ3) is 10.2. The van der Waals surface area contributed by atoms with Gasteiger partial charge in [-0.25, -0.2) is 8.42 Å². The number of carbonyl (C=O) groups excluding carboxylic acids is 2. The lowest BCUT2D eigenvalue weighted by molar-refractivity contribution is -0.144. The zero-order chi connectivity index (χ0) is 35.6. The van der Waals surface area contributed by atoms with Crippen LogP contribution in [-0.2, 0) is 37.3 Å². The van der Waals surface area contributed by atoms with E-state index in [9.17, 15) is 23.1 Å². The Labute approximate surface area is 288 Å². The predicted octanol–water partition coefficient (Wildman–Crippen LogP) is 4.54. The van der Waals surface area contributed by atoms with Crippen LogP contribution < -0.4 is 10.1 Å². The van der Waals surface area contributed by atoms with Gasteiger partial charge in [0.25, 0.3) is 5.91 Å². The van der Waals surface area contributed by atoms with Crippen molar-refractivity contribution in [1.29, 1.82) is 0 Å². The number of aliphatic hydroxyl groups is 1. The maximum atomic E-state index is 14.0. The molecule has 262 valence electrons. The molecule has 0 aliphatic rings. The lowest BCUT2D eigenvalue weighted by Crippen LogP contribution is -2.52. The van der Waals surface area contributed by atoms with E-state index in [2.05, 4.69) is 10.4 Å². The highest BCUT2D eigenvalue weighted by Crippen LogP contribution is 2.25. The van der Waals surface area contributed by atoms with Crippen LogP contribution in [0, 0.1) is 19.8 Å². The minimum absolute atomic E-state index is 0.0474. The van der Waals surface area contributed by atoms with E-state index >= 15 is 0 Å². The minimum atomic E-state index is -4.06.